The highest BCUT2D eigenvalue weighted by atomic mass is 16.4. The second kappa shape index (κ2) is 62.2. The molecule has 6 fully saturated rings. The number of benzene rings is 1. The van der Waals surface area contributed by atoms with Gasteiger partial charge in [-0.25, -0.2) is 4.79 Å². The highest BCUT2D eigenvalue weighted by molar-refractivity contribution is 6.02. The zero-order chi connectivity index (χ0) is 110. The quantitative estimate of drug-likeness (QED) is 0.0164. The van der Waals surface area contributed by atoms with Crippen LogP contribution in [0.2, 0.25) is 0 Å². The molecule has 834 valence electrons. The number of carbonyl (C=O) groups excluding carboxylic acids is 15. The molecule has 1 aromatic carbocycles. The number of amides is 15. The van der Waals surface area contributed by atoms with Crippen molar-refractivity contribution in [2.45, 2.75) is 303 Å². The lowest BCUT2D eigenvalue weighted by Gasteiger charge is -2.34. The second-order valence-corrected chi connectivity index (χ2v) is 38.8. The number of aliphatic carboxylic acids is 1. The molecule has 44 N–H and O–H groups in total. The van der Waals surface area contributed by atoms with Gasteiger partial charge >= 0.3 is 5.97 Å². The maximum atomic E-state index is 15.4. The van der Waals surface area contributed by atoms with Crippen molar-refractivity contribution < 1.29 is 81.8 Å². The first-order valence-corrected chi connectivity index (χ1v) is 51.6. The molecule has 6 aliphatic rings. The van der Waals surface area contributed by atoms with E-state index in [-0.39, 0.29) is 300 Å². The highest BCUT2D eigenvalue weighted by Crippen LogP contribution is 2.31. The van der Waals surface area contributed by atoms with Crippen molar-refractivity contribution in [3.63, 3.8) is 0 Å². The summed E-state index contributed by atoms with van der Waals surface area (Å²) in [6, 6.07) is -12.1. The van der Waals surface area contributed by atoms with Crippen LogP contribution in [0.5, 0.6) is 0 Å². The van der Waals surface area contributed by atoms with Crippen molar-refractivity contribution in [1.82, 2.24) is 120 Å². The third-order valence-electron chi connectivity index (χ3n) is 26.8. The number of likely N-dealkylation sites (tertiary alicyclic amines) is 6. The number of guanidine groups is 8. The molecule has 6 heterocycles. The number of carbonyl (C=O) groups is 16. The Bertz CT molecular complexity index is 4860. The van der Waals surface area contributed by atoms with E-state index >= 15 is 47.9 Å². The van der Waals surface area contributed by atoms with Crippen LogP contribution in [0.4, 0.5) is 0 Å². The number of nitrogens with zero attached hydrogens (tertiary/aromatic N) is 6. The Morgan fingerprint density at radius 2 is 0.520 bits per heavy atom. The lowest BCUT2D eigenvalue weighted by Crippen LogP contribution is -2.60. The predicted molar refractivity (Wildman–Crippen MR) is 554 cm³/mol. The molecule has 0 bridgehead atoms. The molecule has 15 amide bonds. The van der Waals surface area contributed by atoms with Crippen molar-refractivity contribution in [2.24, 2.45) is 57.5 Å². The summed E-state index contributed by atoms with van der Waals surface area (Å²) in [7, 11) is 0. The van der Waals surface area contributed by atoms with Crippen LogP contribution < -0.4 is 142 Å². The number of hydrogen-bond acceptors (Lipinski definition) is 25. The standard InChI is InChI=1S/C93H160N40O17/c1-52(2)50-63(83(147)131-47-17-32-66(131)77(141)123-58(26-10-40-115-90(103)104)80(144)129-45-15-31-65(129)75(139)122-59(27-11-41-116-91(105)106)81(145)130-46-16-33-67(130)78(142)125-61(85(149)150)29-13-43-118-93(109)110)127-72(136)56(24-8-38-113-88(99)100)120-74(138)68-34-18-48-132(68)84(148)69-35-19-49-133(69)82(146)60(28-12-42-117-92(107)108)124-76(140)64-30-14-44-128(64)79(143)57(25-9-39-114-89(101)102)121-73(137)62(51-53-20-4-3-5-21-53)126-71(135)55(23-7-37-112-87(97)98)119-70(134)54(94)22-6-36-111-86(95)96/h3-5,20-21,52,54-69H,6-19,22-51,94H2,1-2H3,(H,119,134)(H,120,138)(H,121,137)(H,122,139)(H,123,141)(H,124,140)(H,125,142)(H,126,135)(H,127,136)(H,149,150)(H4,95,96,111)(H4,97,98,112)(H4,99,100,113)(H4,101,102,114)(H4,103,104,115)(H4,105,106,116)(H4,107,108,117)(H4,109,110,118)/t54-,55-,56-,57-,58-,59-,60-,61-,62-,63-,64-,65-,66-,67-,68-,69-/m0/s1. The molecule has 0 aromatic heterocycles. The third-order valence-corrected chi connectivity index (χ3v) is 26.8. The average Bonchev–Trinajstić information content (AvgIpc) is 1.64. The number of carboxylic acids is 1. The van der Waals surface area contributed by atoms with Gasteiger partial charge in [0, 0.05) is 98.0 Å². The summed E-state index contributed by atoms with van der Waals surface area (Å²) in [5.41, 5.74) is 51.3. The minimum Gasteiger partial charge on any atom is -0.480 e. The van der Waals surface area contributed by atoms with Gasteiger partial charge in [0.1, 0.15) is 90.6 Å². The Hall–Kier alpha value is -15.1. The lowest BCUT2D eigenvalue weighted by atomic mass is 10.0. The van der Waals surface area contributed by atoms with Crippen molar-refractivity contribution in [3.8, 4) is 0 Å². The number of nitrogens with one attached hydrogen (secondary N) is 25. The monoisotopic (exact) mass is 2110 g/mol. The fraction of sp³-hybridized carbons (Fsp3) is 0.677. The molecular formula is C93H160N40O17. The molecule has 57 heteroatoms. The fourth-order valence-corrected chi connectivity index (χ4v) is 19.4. The van der Waals surface area contributed by atoms with Crippen LogP contribution in [-0.2, 0) is 83.1 Å². The van der Waals surface area contributed by atoms with Crippen LogP contribution in [0.15, 0.2) is 30.3 Å². The Labute approximate surface area is 871 Å². The minimum absolute atomic E-state index is 0.00551. The van der Waals surface area contributed by atoms with E-state index in [1.165, 1.54) is 29.4 Å². The van der Waals surface area contributed by atoms with Gasteiger partial charge in [0.25, 0.3) is 0 Å². The Morgan fingerprint density at radius 1 is 0.293 bits per heavy atom. The molecule has 0 unspecified atom stereocenters. The summed E-state index contributed by atoms with van der Waals surface area (Å²) in [5, 5.41) is 118. The van der Waals surface area contributed by atoms with E-state index in [9.17, 15) is 33.9 Å². The largest absolute Gasteiger partial charge is 0.480 e. The fourth-order valence-electron chi connectivity index (χ4n) is 19.4. The maximum Gasteiger partial charge on any atom is 0.326 e. The van der Waals surface area contributed by atoms with Crippen molar-refractivity contribution in [1.29, 1.82) is 43.3 Å². The molecule has 16 atom stereocenters. The molecule has 0 radical (unpaired) electrons. The summed E-state index contributed by atoms with van der Waals surface area (Å²) in [4.78, 5) is 244. The molecule has 7 rings (SSSR count). The van der Waals surface area contributed by atoms with Gasteiger partial charge in [0.05, 0.1) is 6.04 Å². The van der Waals surface area contributed by atoms with Crippen LogP contribution in [0.1, 0.15) is 206 Å². The van der Waals surface area contributed by atoms with E-state index in [0.717, 1.165) is 0 Å². The van der Waals surface area contributed by atoms with Gasteiger partial charge in [-0.2, -0.15) is 0 Å². The summed E-state index contributed by atoms with van der Waals surface area (Å²) in [6.45, 7) is 4.55. The summed E-state index contributed by atoms with van der Waals surface area (Å²) in [5.74, 6) is -15.6. The van der Waals surface area contributed by atoms with E-state index in [4.69, 9.17) is 94.9 Å². The van der Waals surface area contributed by atoms with Gasteiger partial charge in [0.15, 0.2) is 47.7 Å². The molecular weight excluding hydrogens is 1950 g/mol. The van der Waals surface area contributed by atoms with Crippen LogP contribution in [0.3, 0.4) is 0 Å². The molecule has 1 aromatic rings. The minimum atomic E-state index is -1.43. The van der Waals surface area contributed by atoms with Crippen molar-refractivity contribution in [2.75, 3.05) is 91.6 Å². The van der Waals surface area contributed by atoms with E-state index in [2.05, 4.69) is 90.4 Å². The molecule has 0 spiro atoms. The second-order valence-electron chi connectivity index (χ2n) is 38.8. The number of carboxylic acid groups (broad SMARTS) is 1. The van der Waals surface area contributed by atoms with Crippen LogP contribution in [0, 0.1) is 49.2 Å². The average molecular weight is 2110 g/mol. The van der Waals surface area contributed by atoms with E-state index in [1.807, 2.05) is 0 Å². The number of rotatable bonds is 61. The molecule has 0 aliphatic carbocycles. The first kappa shape index (κ1) is 122. The normalized spacial score (nSPS) is 19.2. The predicted octanol–water partition coefficient (Wildman–Crippen LogP) is -8.90. The molecule has 0 saturated carbocycles. The van der Waals surface area contributed by atoms with E-state index in [0.29, 0.717) is 37.7 Å². The Morgan fingerprint density at radius 3 is 0.833 bits per heavy atom. The van der Waals surface area contributed by atoms with Crippen LogP contribution in [-0.4, -0.2) is 365 Å². The van der Waals surface area contributed by atoms with Gasteiger partial charge in [-0.3, -0.25) is 115 Å². The van der Waals surface area contributed by atoms with Crippen LogP contribution in [0.25, 0.3) is 0 Å². The molecule has 150 heavy (non-hydrogen) atoms. The van der Waals surface area contributed by atoms with Crippen molar-refractivity contribution >= 4 is 142 Å². The Kier molecular flexibility index (Phi) is 50.5. The number of nitrogens with two attached hydrogens (primary N) is 9. The van der Waals surface area contributed by atoms with Gasteiger partial charge in [0.2, 0.25) is 88.6 Å². The van der Waals surface area contributed by atoms with Gasteiger partial charge in [-0.05, 0) is 198 Å². The zero-order valence-corrected chi connectivity index (χ0v) is 85.7. The lowest BCUT2D eigenvalue weighted by molar-refractivity contribution is -0.148. The van der Waals surface area contributed by atoms with Gasteiger partial charge in [-0.1, -0.05) is 44.2 Å². The van der Waals surface area contributed by atoms with Gasteiger partial charge < -0.3 is 176 Å². The maximum absolute atomic E-state index is 15.4. The van der Waals surface area contributed by atoms with E-state index < -0.39 is 197 Å². The third kappa shape index (κ3) is 39.8. The van der Waals surface area contributed by atoms with Gasteiger partial charge in [-0.15, -0.1) is 0 Å². The Balaban J connectivity index is 1.07. The molecule has 57 nitrogen and oxygen atoms in total. The molecule has 6 aliphatic heterocycles. The summed E-state index contributed by atoms with van der Waals surface area (Å²) >= 11 is 0. The summed E-state index contributed by atoms with van der Waals surface area (Å²) < 4.78 is 0. The van der Waals surface area contributed by atoms with Crippen LogP contribution >= 0.6 is 0 Å². The first-order chi connectivity index (χ1) is 71.3. The van der Waals surface area contributed by atoms with E-state index in [1.54, 1.807) is 44.2 Å². The van der Waals surface area contributed by atoms with Crippen molar-refractivity contribution in [3.05, 3.63) is 35.9 Å². The zero-order valence-electron chi connectivity index (χ0n) is 85.7. The first-order valence-electron chi connectivity index (χ1n) is 51.6. The summed E-state index contributed by atoms with van der Waals surface area (Å²) in [6.07, 6.45) is 3.30. The number of hydrogen-bond donors (Lipinski definition) is 35. The molecule has 6 saturated heterocycles. The SMILES string of the molecule is CC(C)C[C@H](NC(=O)[C@H](CCCNC(=N)N)NC(=O)[C@@H]1CCCN1C(=O)[C@@H]1CCCN1C(=O)[C@H](CCCNC(=N)N)NC(=O)[C@@H]1CCCN1C(=O)[C@H](CCCNC(=N)N)NC(=O)[C@H](Cc1ccccc1)NC(=O)[C@H](CCCNC(=N)N)NC(=O)[C@@H](N)CCCNC(=N)N)C(=O)N1CCC[C@H]1C(=O)N[C@@H](CCCNC(=N)N)C(=O)N1CCC[C@H]1C(=O)N[C@@H](CCCNC(=N)N)C(=O)N1CCC[C@H]1C(=O)N[C@@H](CCCNC(=N)N)C(=O)O. The smallest absolute Gasteiger partial charge is 0.326 e. The highest BCUT2D eigenvalue weighted by Gasteiger charge is 2.49. The topological polar surface area (TPSA) is 942 Å².